The van der Waals surface area contributed by atoms with E-state index in [1.165, 1.54) is 6.92 Å². The van der Waals surface area contributed by atoms with Crippen molar-refractivity contribution in [2.45, 2.75) is 33.2 Å². The van der Waals surface area contributed by atoms with Gasteiger partial charge in [-0.2, -0.15) is 0 Å². The molecule has 2 aromatic carbocycles. The summed E-state index contributed by atoms with van der Waals surface area (Å²) in [5.74, 6) is -2.87. The van der Waals surface area contributed by atoms with Crippen LogP contribution in [0.3, 0.4) is 0 Å². The van der Waals surface area contributed by atoms with Gasteiger partial charge in [0.2, 0.25) is 15.9 Å². The maximum atomic E-state index is 13.6. The fourth-order valence-electron chi connectivity index (χ4n) is 2.86. The molecule has 146 valence electrons. The Balaban J connectivity index is 2.40. The number of hydrogen-bond acceptors (Lipinski definition) is 3. The largest absolute Gasteiger partial charge is 0.324 e. The first-order valence-corrected chi connectivity index (χ1v) is 10.2. The molecule has 0 aliphatic heterocycles. The van der Waals surface area contributed by atoms with E-state index in [0.717, 1.165) is 39.9 Å². The Morgan fingerprint density at radius 1 is 1.19 bits per heavy atom. The molecule has 2 rings (SSSR count). The molecule has 2 aromatic rings. The molecule has 5 nitrogen and oxygen atoms in total. The van der Waals surface area contributed by atoms with Gasteiger partial charge in [0.25, 0.3) is 0 Å². The van der Waals surface area contributed by atoms with Gasteiger partial charge in [0, 0.05) is 11.8 Å². The van der Waals surface area contributed by atoms with Crippen molar-refractivity contribution in [3.63, 3.8) is 0 Å². The average molecular weight is 396 g/mol. The van der Waals surface area contributed by atoms with Gasteiger partial charge in [0.1, 0.15) is 6.04 Å². The molecule has 0 heterocycles. The van der Waals surface area contributed by atoms with Crippen LogP contribution in [0.1, 0.15) is 25.0 Å². The Bertz CT molecular complexity index is 961. The summed E-state index contributed by atoms with van der Waals surface area (Å²) in [5.41, 5.74) is 2.25. The Morgan fingerprint density at radius 3 is 2.41 bits per heavy atom. The highest BCUT2D eigenvalue weighted by Crippen LogP contribution is 2.25. The van der Waals surface area contributed by atoms with Crippen molar-refractivity contribution in [1.29, 1.82) is 0 Å². The van der Waals surface area contributed by atoms with E-state index in [0.29, 0.717) is 12.1 Å². The highest BCUT2D eigenvalue weighted by atomic mass is 32.2. The van der Waals surface area contributed by atoms with E-state index in [4.69, 9.17) is 0 Å². The van der Waals surface area contributed by atoms with Crippen LogP contribution >= 0.6 is 0 Å². The van der Waals surface area contributed by atoms with Gasteiger partial charge in [-0.15, -0.1) is 0 Å². The van der Waals surface area contributed by atoms with Crippen molar-refractivity contribution in [3.05, 3.63) is 59.2 Å². The molecule has 0 saturated carbocycles. The van der Waals surface area contributed by atoms with Crippen LogP contribution in [0, 0.1) is 18.6 Å². The molecule has 0 fully saturated rings. The predicted molar refractivity (Wildman–Crippen MR) is 102 cm³/mol. The second kappa shape index (κ2) is 8.04. The Hall–Kier alpha value is -2.48. The number of nitrogens with one attached hydrogen (secondary N) is 1. The minimum absolute atomic E-state index is 0.125. The third kappa shape index (κ3) is 4.63. The normalized spacial score (nSPS) is 12.5. The van der Waals surface area contributed by atoms with E-state index in [9.17, 15) is 22.0 Å². The predicted octanol–water partition coefficient (Wildman–Crippen LogP) is 3.63. The average Bonchev–Trinajstić information content (AvgIpc) is 2.58. The zero-order valence-corrected chi connectivity index (χ0v) is 16.4. The lowest BCUT2D eigenvalue weighted by Gasteiger charge is -2.28. The zero-order chi connectivity index (χ0) is 20.4. The fourth-order valence-corrected chi connectivity index (χ4v) is 4.03. The molecule has 1 amide bonds. The highest BCUT2D eigenvalue weighted by Gasteiger charge is 2.30. The topological polar surface area (TPSA) is 66.5 Å². The van der Waals surface area contributed by atoms with E-state index >= 15 is 0 Å². The van der Waals surface area contributed by atoms with E-state index in [1.54, 1.807) is 0 Å². The highest BCUT2D eigenvalue weighted by molar-refractivity contribution is 7.92. The second-order valence-electron chi connectivity index (χ2n) is 6.29. The number of sulfonamides is 1. The van der Waals surface area contributed by atoms with Crippen molar-refractivity contribution in [1.82, 2.24) is 0 Å². The summed E-state index contributed by atoms with van der Waals surface area (Å²) < 4.78 is 52.1. The molecule has 0 aliphatic rings. The summed E-state index contributed by atoms with van der Waals surface area (Å²) >= 11 is 0. The second-order valence-corrected chi connectivity index (χ2v) is 8.14. The number of anilines is 2. The van der Waals surface area contributed by atoms with Crippen molar-refractivity contribution < 1.29 is 22.0 Å². The fraction of sp³-hybridized carbons (Fsp3) is 0.316. The molecular weight excluding hydrogens is 374 g/mol. The first-order chi connectivity index (χ1) is 12.6. The lowest BCUT2D eigenvalue weighted by atomic mass is 10.1. The molecule has 1 atom stereocenters. The van der Waals surface area contributed by atoms with Gasteiger partial charge >= 0.3 is 0 Å². The molecule has 0 aromatic heterocycles. The molecule has 1 unspecified atom stereocenters. The van der Waals surface area contributed by atoms with Gasteiger partial charge in [-0.05, 0) is 43.5 Å². The summed E-state index contributed by atoms with van der Waals surface area (Å²) in [5, 5.41) is 2.76. The Labute approximate surface area is 158 Å². The van der Waals surface area contributed by atoms with Gasteiger partial charge in [0.05, 0.1) is 11.9 Å². The van der Waals surface area contributed by atoms with Gasteiger partial charge < -0.3 is 5.32 Å². The number of carbonyl (C=O) groups excluding carboxylic acids is 1. The molecule has 0 bridgehead atoms. The van der Waals surface area contributed by atoms with Crippen molar-refractivity contribution in [2.75, 3.05) is 15.9 Å². The van der Waals surface area contributed by atoms with Crippen LogP contribution in [0.5, 0.6) is 0 Å². The van der Waals surface area contributed by atoms with Gasteiger partial charge in [-0.25, -0.2) is 17.2 Å². The molecule has 0 radical (unpaired) electrons. The van der Waals surface area contributed by atoms with E-state index < -0.39 is 33.6 Å². The number of para-hydroxylation sites is 1. The Kier molecular flexibility index (Phi) is 6.20. The quantitative estimate of drug-likeness (QED) is 0.811. The van der Waals surface area contributed by atoms with E-state index in [-0.39, 0.29) is 5.69 Å². The zero-order valence-electron chi connectivity index (χ0n) is 15.6. The molecule has 8 heteroatoms. The number of aryl methyl sites for hydroxylation is 2. The minimum Gasteiger partial charge on any atom is -0.324 e. The minimum atomic E-state index is -3.93. The van der Waals surface area contributed by atoms with E-state index in [2.05, 4.69) is 5.32 Å². The first kappa shape index (κ1) is 20.8. The molecule has 0 spiro atoms. The Morgan fingerprint density at radius 2 is 1.85 bits per heavy atom. The molecule has 1 N–H and O–H groups in total. The summed E-state index contributed by atoms with van der Waals surface area (Å²) in [6.07, 6.45) is 1.59. The maximum absolute atomic E-state index is 13.6. The van der Waals surface area contributed by atoms with Crippen LogP contribution in [0.15, 0.2) is 36.4 Å². The summed E-state index contributed by atoms with van der Waals surface area (Å²) in [4.78, 5) is 12.8. The van der Waals surface area contributed by atoms with Crippen LogP contribution in [0.4, 0.5) is 20.2 Å². The monoisotopic (exact) mass is 396 g/mol. The molecule has 27 heavy (non-hydrogen) atoms. The van der Waals surface area contributed by atoms with Crippen LogP contribution in [-0.4, -0.2) is 26.6 Å². The number of nitrogens with zero attached hydrogens (tertiary/aromatic N) is 1. The number of carbonyl (C=O) groups is 1. The third-order valence-corrected chi connectivity index (χ3v) is 5.48. The van der Waals surface area contributed by atoms with Crippen LogP contribution in [-0.2, 0) is 21.2 Å². The van der Waals surface area contributed by atoms with Crippen LogP contribution < -0.4 is 9.62 Å². The number of amides is 1. The lowest BCUT2D eigenvalue weighted by molar-refractivity contribution is -0.116. The molecule has 0 saturated heterocycles. The van der Waals surface area contributed by atoms with Crippen molar-refractivity contribution >= 4 is 27.3 Å². The summed E-state index contributed by atoms with van der Waals surface area (Å²) in [7, 11) is -3.93. The standard InChI is InChI=1S/C19H22F2N2O3S/c1-5-14-8-6-7-12(2)18(14)22-19(24)13(3)23(27(4,25)26)15-9-10-16(20)17(21)11-15/h6-11,13H,5H2,1-4H3,(H,22,24). The van der Waals surface area contributed by atoms with Crippen LogP contribution in [0.25, 0.3) is 0 Å². The lowest BCUT2D eigenvalue weighted by Crippen LogP contribution is -2.45. The van der Waals surface area contributed by atoms with Crippen molar-refractivity contribution in [2.24, 2.45) is 0 Å². The summed E-state index contributed by atoms with van der Waals surface area (Å²) in [6, 6.07) is 7.11. The van der Waals surface area contributed by atoms with Gasteiger partial charge in [0.15, 0.2) is 11.6 Å². The summed E-state index contributed by atoms with van der Waals surface area (Å²) in [6.45, 7) is 5.17. The SMILES string of the molecule is CCc1cccc(C)c1NC(=O)C(C)N(c1ccc(F)c(F)c1)S(C)(=O)=O. The first-order valence-electron chi connectivity index (χ1n) is 8.40. The number of hydrogen-bond donors (Lipinski definition) is 1. The molecule has 0 aliphatic carbocycles. The third-order valence-electron chi connectivity index (χ3n) is 4.23. The number of halogens is 2. The number of rotatable bonds is 6. The smallest absolute Gasteiger partial charge is 0.248 e. The van der Waals surface area contributed by atoms with E-state index in [1.807, 2.05) is 32.0 Å². The van der Waals surface area contributed by atoms with Crippen molar-refractivity contribution in [3.8, 4) is 0 Å². The number of benzene rings is 2. The van der Waals surface area contributed by atoms with Gasteiger partial charge in [-0.1, -0.05) is 25.1 Å². The van der Waals surface area contributed by atoms with Crippen LogP contribution in [0.2, 0.25) is 0 Å². The van der Waals surface area contributed by atoms with Gasteiger partial charge in [-0.3, -0.25) is 9.10 Å². The molecular formula is C19H22F2N2O3S. The maximum Gasteiger partial charge on any atom is 0.248 e.